The van der Waals surface area contributed by atoms with E-state index in [2.05, 4.69) is 20.3 Å². The smallest absolute Gasteiger partial charge is 0.251 e. The van der Waals surface area contributed by atoms with E-state index >= 15 is 0 Å². The number of thioether (sulfide) groups is 1. The van der Waals surface area contributed by atoms with Crippen LogP contribution >= 0.6 is 11.8 Å². The van der Waals surface area contributed by atoms with Crippen LogP contribution in [0.15, 0.2) is 40.5 Å². The Morgan fingerprint density at radius 3 is 2.86 bits per heavy atom. The van der Waals surface area contributed by atoms with Crippen LogP contribution in [0.2, 0.25) is 0 Å². The summed E-state index contributed by atoms with van der Waals surface area (Å²) in [7, 11) is 0. The number of anilines is 1. The number of nitrogens with one attached hydrogen (secondary N) is 2. The Morgan fingerprint density at radius 2 is 2.14 bits per heavy atom. The molecule has 0 atom stereocenters. The Kier molecular flexibility index (Phi) is 5.51. The van der Waals surface area contributed by atoms with Gasteiger partial charge in [-0.1, -0.05) is 11.8 Å². The molecule has 2 aromatic heterocycles. The lowest BCUT2D eigenvalue weighted by Crippen LogP contribution is -2.11. The Hall–Kier alpha value is -2.15. The van der Waals surface area contributed by atoms with Gasteiger partial charge in [0.25, 0.3) is 5.56 Å². The SMILES string of the molecule is Cc1cc(=O)[nH]c(SCCCC(=O)Nc2ccncc2)n1. The highest BCUT2D eigenvalue weighted by Crippen LogP contribution is 2.14. The van der Waals surface area contributed by atoms with Crippen LogP contribution in [0.4, 0.5) is 5.69 Å². The maximum absolute atomic E-state index is 11.7. The highest BCUT2D eigenvalue weighted by molar-refractivity contribution is 7.99. The summed E-state index contributed by atoms with van der Waals surface area (Å²) in [5, 5.41) is 3.39. The van der Waals surface area contributed by atoms with Crippen molar-refractivity contribution in [1.82, 2.24) is 15.0 Å². The number of amides is 1. The van der Waals surface area contributed by atoms with Crippen molar-refractivity contribution in [1.29, 1.82) is 0 Å². The van der Waals surface area contributed by atoms with Gasteiger partial charge in [-0.2, -0.15) is 0 Å². The predicted octanol–water partition coefficient (Wildman–Crippen LogP) is 1.98. The van der Waals surface area contributed by atoms with Crippen LogP contribution in [0, 0.1) is 6.92 Å². The van der Waals surface area contributed by atoms with E-state index in [-0.39, 0.29) is 11.5 Å². The molecule has 0 saturated heterocycles. The molecule has 0 aromatic carbocycles. The van der Waals surface area contributed by atoms with Crippen LogP contribution in [0.25, 0.3) is 0 Å². The van der Waals surface area contributed by atoms with Crippen molar-refractivity contribution in [2.45, 2.75) is 24.9 Å². The minimum atomic E-state index is -0.152. The van der Waals surface area contributed by atoms with E-state index < -0.39 is 0 Å². The molecule has 0 spiro atoms. The summed E-state index contributed by atoms with van der Waals surface area (Å²) >= 11 is 1.44. The summed E-state index contributed by atoms with van der Waals surface area (Å²) in [5.74, 6) is 0.684. The molecule has 0 aliphatic carbocycles. The topological polar surface area (TPSA) is 87.7 Å². The number of hydrogen-bond acceptors (Lipinski definition) is 5. The van der Waals surface area contributed by atoms with Crippen LogP contribution in [0.5, 0.6) is 0 Å². The summed E-state index contributed by atoms with van der Waals surface area (Å²) in [6.45, 7) is 1.78. The largest absolute Gasteiger partial charge is 0.326 e. The van der Waals surface area contributed by atoms with Gasteiger partial charge in [-0.05, 0) is 25.5 Å². The van der Waals surface area contributed by atoms with Crippen molar-refractivity contribution in [3.63, 3.8) is 0 Å². The molecule has 0 radical (unpaired) electrons. The zero-order valence-corrected chi connectivity index (χ0v) is 12.4. The summed E-state index contributed by atoms with van der Waals surface area (Å²) in [6.07, 6.45) is 4.39. The molecule has 0 fully saturated rings. The van der Waals surface area contributed by atoms with Gasteiger partial charge in [-0.15, -0.1) is 0 Å². The summed E-state index contributed by atoms with van der Waals surface area (Å²) < 4.78 is 0. The number of H-pyrrole nitrogens is 1. The number of aromatic nitrogens is 3. The lowest BCUT2D eigenvalue weighted by molar-refractivity contribution is -0.116. The van der Waals surface area contributed by atoms with E-state index in [9.17, 15) is 9.59 Å². The molecule has 0 aliphatic rings. The number of hydrogen-bond donors (Lipinski definition) is 2. The third kappa shape index (κ3) is 5.39. The van der Waals surface area contributed by atoms with Crippen molar-refractivity contribution in [3.05, 3.63) is 46.6 Å². The average molecular weight is 304 g/mol. The number of nitrogens with zero attached hydrogens (tertiary/aromatic N) is 2. The quantitative estimate of drug-likeness (QED) is 0.484. The second kappa shape index (κ2) is 7.58. The van der Waals surface area contributed by atoms with Gasteiger partial charge in [-0.3, -0.25) is 14.6 Å². The van der Waals surface area contributed by atoms with Gasteiger partial charge in [0.15, 0.2) is 5.16 Å². The number of aromatic amines is 1. The van der Waals surface area contributed by atoms with Crippen LogP contribution in [-0.2, 0) is 4.79 Å². The zero-order valence-electron chi connectivity index (χ0n) is 11.6. The standard InChI is InChI=1S/C14H16N4O2S/c1-10-9-13(20)18-14(16-10)21-8-2-3-12(19)17-11-4-6-15-7-5-11/h4-7,9H,2-3,8H2,1H3,(H,15,17,19)(H,16,18,20). The van der Waals surface area contributed by atoms with Crippen molar-refractivity contribution in [2.75, 3.05) is 11.1 Å². The first-order valence-electron chi connectivity index (χ1n) is 6.54. The van der Waals surface area contributed by atoms with E-state index in [0.717, 1.165) is 11.4 Å². The predicted molar refractivity (Wildman–Crippen MR) is 82.4 cm³/mol. The minimum absolute atomic E-state index is 0.0347. The maximum Gasteiger partial charge on any atom is 0.251 e. The van der Waals surface area contributed by atoms with Crippen molar-refractivity contribution in [3.8, 4) is 0 Å². The van der Waals surface area contributed by atoms with Crippen LogP contribution in [-0.4, -0.2) is 26.6 Å². The van der Waals surface area contributed by atoms with Gasteiger partial charge in [0.05, 0.1) is 0 Å². The molecule has 0 bridgehead atoms. The normalized spacial score (nSPS) is 10.3. The highest BCUT2D eigenvalue weighted by Gasteiger charge is 2.03. The molecule has 2 heterocycles. The van der Waals surface area contributed by atoms with Crippen LogP contribution in [0.1, 0.15) is 18.5 Å². The van der Waals surface area contributed by atoms with E-state index in [1.165, 1.54) is 17.8 Å². The van der Waals surface area contributed by atoms with E-state index in [1.54, 1.807) is 31.5 Å². The Balaban J connectivity index is 1.72. The fourth-order valence-electron chi connectivity index (χ4n) is 1.68. The zero-order chi connectivity index (χ0) is 15.1. The Morgan fingerprint density at radius 1 is 1.38 bits per heavy atom. The molecular weight excluding hydrogens is 288 g/mol. The molecule has 0 saturated carbocycles. The molecule has 6 nitrogen and oxygen atoms in total. The number of rotatable bonds is 6. The number of carbonyl (C=O) groups excluding carboxylic acids is 1. The number of carbonyl (C=O) groups is 1. The van der Waals surface area contributed by atoms with Crippen molar-refractivity contribution < 1.29 is 4.79 Å². The number of aryl methyl sites for hydroxylation is 1. The molecule has 1 amide bonds. The lowest BCUT2D eigenvalue weighted by Gasteiger charge is -2.04. The maximum atomic E-state index is 11.7. The second-order valence-electron chi connectivity index (χ2n) is 4.43. The molecule has 21 heavy (non-hydrogen) atoms. The first-order chi connectivity index (χ1) is 10.1. The van der Waals surface area contributed by atoms with E-state index in [4.69, 9.17) is 0 Å². The molecule has 110 valence electrons. The minimum Gasteiger partial charge on any atom is -0.326 e. The molecular formula is C14H16N4O2S. The fourth-order valence-corrected chi connectivity index (χ4v) is 2.54. The fraction of sp³-hybridized carbons (Fsp3) is 0.286. The molecule has 2 N–H and O–H groups in total. The van der Waals surface area contributed by atoms with Gasteiger partial charge in [-0.25, -0.2) is 4.98 Å². The first-order valence-corrected chi connectivity index (χ1v) is 7.53. The summed E-state index contributed by atoms with van der Waals surface area (Å²) in [4.78, 5) is 33.8. The number of pyridine rings is 1. The van der Waals surface area contributed by atoms with E-state index in [0.29, 0.717) is 23.7 Å². The van der Waals surface area contributed by atoms with E-state index in [1.807, 2.05) is 0 Å². The summed E-state index contributed by atoms with van der Waals surface area (Å²) in [6, 6.07) is 4.94. The molecule has 2 aromatic rings. The molecule has 0 aliphatic heterocycles. The van der Waals surface area contributed by atoms with Crippen LogP contribution < -0.4 is 10.9 Å². The van der Waals surface area contributed by atoms with Crippen molar-refractivity contribution in [2.24, 2.45) is 0 Å². The summed E-state index contributed by atoms with van der Waals surface area (Å²) in [5.41, 5.74) is 1.28. The monoisotopic (exact) mass is 304 g/mol. The van der Waals surface area contributed by atoms with Gasteiger partial charge in [0, 0.05) is 42.0 Å². The Bertz CT molecular complexity index is 658. The third-order valence-corrected chi connectivity index (χ3v) is 3.56. The average Bonchev–Trinajstić information content (AvgIpc) is 2.44. The molecule has 2 rings (SSSR count). The third-order valence-electron chi connectivity index (χ3n) is 2.60. The lowest BCUT2D eigenvalue weighted by atomic mass is 10.3. The van der Waals surface area contributed by atoms with Crippen LogP contribution in [0.3, 0.4) is 0 Å². The van der Waals surface area contributed by atoms with Gasteiger partial charge in [0.1, 0.15) is 0 Å². The second-order valence-corrected chi connectivity index (χ2v) is 5.51. The molecule has 7 heteroatoms. The van der Waals surface area contributed by atoms with Gasteiger partial charge < -0.3 is 10.3 Å². The first kappa shape index (κ1) is 15.2. The van der Waals surface area contributed by atoms with Gasteiger partial charge in [0.2, 0.25) is 5.91 Å². The van der Waals surface area contributed by atoms with Crippen molar-refractivity contribution >= 4 is 23.4 Å². The Labute approximate surface area is 126 Å². The van der Waals surface area contributed by atoms with Gasteiger partial charge >= 0.3 is 0 Å². The highest BCUT2D eigenvalue weighted by atomic mass is 32.2. The molecule has 0 unspecified atom stereocenters.